The van der Waals surface area contributed by atoms with Crippen molar-refractivity contribution in [1.29, 1.82) is 0 Å². The fraction of sp³-hybridized carbons (Fsp3) is 0.429. The molecule has 1 aromatic rings. The van der Waals surface area contributed by atoms with Gasteiger partial charge in [0.15, 0.2) is 0 Å². The smallest absolute Gasteiger partial charge is 0.328 e. The van der Waals surface area contributed by atoms with Gasteiger partial charge in [0.25, 0.3) is 0 Å². The molecule has 1 fully saturated rings. The summed E-state index contributed by atoms with van der Waals surface area (Å²) in [6.45, 7) is 0.589. The molecular formula is C14H17NO3S2. The maximum atomic E-state index is 12.2. The van der Waals surface area contributed by atoms with Crippen molar-refractivity contribution in [2.24, 2.45) is 5.92 Å². The number of hydrogen-bond acceptors (Lipinski definition) is 4. The van der Waals surface area contributed by atoms with Gasteiger partial charge in [-0.15, -0.1) is 11.3 Å². The van der Waals surface area contributed by atoms with Crippen LogP contribution >= 0.6 is 23.1 Å². The van der Waals surface area contributed by atoms with Gasteiger partial charge in [-0.2, -0.15) is 11.8 Å². The number of nitrogens with zero attached hydrogens (tertiary/aromatic N) is 1. The minimum Gasteiger partial charge on any atom is -0.478 e. The molecule has 0 spiro atoms. The molecule has 2 rings (SSSR count). The molecule has 1 aromatic heterocycles. The van der Waals surface area contributed by atoms with Gasteiger partial charge in [-0.3, -0.25) is 4.79 Å². The summed E-state index contributed by atoms with van der Waals surface area (Å²) in [6.07, 6.45) is 3.67. The van der Waals surface area contributed by atoms with Crippen LogP contribution in [0.2, 0.25) is 0 Å². The van der Waals surface area contributed by atoms with Crippen LogP contribution in [-0.2, 0) is 16.1 Å². The zero-order valence-electron chi connectivity index (χ0n) is 11.2. The van der Waals surface area contributed by atoms with Gasteiger partial charge in [0.05, 0.1) is 6.54 Å². The predicted molar refractivity (Wildman–Crippen MR) is 82.9 cm³/mol. The molecule has 4 nitrogen and oxygen atoms in total. The van der Waals surface area contributed by atoms with Gasteiger partial charge in [0.2, 0.25) is 5.91 Å². The molecule has 0 bridgehead atoms. The Labute approximate surface area is 126 Å². The molecule has 1 unspecified atom stereocenters. The summed E-state index contributed by atoms with van der Waals surface area (Å²) in [5.74, 6) is 1.43. The lowest BCUT2D eigenvalue weighted by atomic mass is 10.1. The number of carbonyl (C=O) groups excluding carboxylic acids is 1. The molecule has 1 saturated heterocycles. The van der Waals surface area contributed by atoms with E-state index in [1.807, 2.05) is 30.3 Å². The summed E-state index contributed by atoms with van der Waals surface area (Å²) in [4.78, 5) is 25.5. The molecule has 1 aliphatic rings. The summed E-state index contributed by atoms with van der Waals surface area (Å²) in [6, 6.07) is 1.93. The largest absolute Gasteiger partial charge is 0.478 e. The van der Waals surface area contributed by atoms with Gasteiger partial charge >= 0.3 is 5.97 Å². The van der Waals surface area contributed by atoms with Gasteiger partial charge in [-0.05, 0) is 35.3 Å². The van der Waals surface area contributed by atoms with Gasteiger partial charge in [-0.1, -0.05) is 0 Å². The average molecular weight is 311 g/mol. The van der Waals surface area contributed by atoms with Crippen LogP contribution in [0.3, 0.4) is 0 Å². The standard InChI is InChI=1S/C14H17NO3S2/c1-15(14(18)11-4-5-19-9-11)7-12-6-10(8-20-12)2-3-13(16)17/h2-3,6,8,11H,4-5,7,9H2,1H3,(H,16,17). The van der Waals surface area contributed by atoms with Crippen LogP contribution in [0.4, 0.5) is 0 Å². The molecule has 1 atom stereocenters. The number of carboxylic acid groups (broad SMARTS) is 1. The van der Waals surface area contributed by atoms with E-state index in [9.17, 15) is 9.59 Å². The Morgan fingerprint density at radius 2 is 2.35 bits per heavy atom. The number of rotatable bonds is 5. The molecule has 0 saturated carbocycles. The second-order valence-electron chi connectivity index (χ2n) is 4.77. The Morgan fingerprint density at radius 3 is 3.00 bits per heavy atom. The lowest BCUT2D eigenvalue weighted by Gasteiger charge is -2.19. The monoisotopic (exact) mass is 311 g/mol. The van der Waals surface area contributed by atoms with Gasteiger partial charge in [0, 0.05) is 29.7 Å². The molecule has 0 aromatic carbocycles. The van der Waals surface area contributed by atoms with Crippen LogP contribution in [-0.4, -0.2) is 40.4 Å². The summed E-state index contributed by atoms with van der Waals surface area (Å²) in [7, 11) is 1.83. The fourth-order valence-electron chi connectivity index (χ4n) is 2.09. The van der Waals surface area contributed by atoms with Gasteiger partial charge < -0.3 is 10.0 Å². The lowest BCUT2D eigenvalue weighted by molar-refractivity contribution is -0.134. The molecular weight excluding hydrogens is 294 g/mol. The second-order valence-corrected chi connectivity index (χ2v) is 6.92. The van der Waals surface area contributed by atoms with E-state index in [1.54, 1.807) is 22.3 Å². The van der Waals surface area contributed by atoms with Crippen molar-refractivity contribution < 1.29 is 14.7 Å². The molecule has 0 aliphatic carbocycles. The number of aliphatic carboxylic acids is 1. The molecule has 2 heterocycles. The third-order valence-corrected chi connectivity index (χ3v) is 5.24. The zero-order chi connectivity index (χ0) is 14.5. The van der Waals surface area contributed by atoms with E-state index >= 15 is 0 Å². The summed E-state index contributed by atoms with van der Waals surface area (Å²) >= 11 is 3.38. The molecule has 1 aliphatic heterocycles. The first kappa shape index (κ1) is 15.1. The maximum absolute atomic E-state index is 12.2. The summed E-state index contributed by atoms with van der Waals surface area (Å²) in [5, 5.41) is 10.5. The highest BCUT2D eigenvalue weighted by atomic mass is 32.2. The molecule has 108 valence electrons. The number of carbonyl (C=O) groups is 2. The van der Waals surface area contributed by atoms with Crippen molar-refractivity contribution in [3.8, 4) is 0 Å². The summed E-state index contributed by atoms with van der Waals surface area (Å²) in [5.41, 5.74) is 0.865. The Bertz CT molecular complexity index is 518. The van der Waals surface area contributed by atoms with E-state index in [0.29, 0.717) is 6.54 Å². The van der Waals surface area contributed by atoms with Crippen LogP contribution < -0.4 is 0 Å². The Morgan fingerprint density at radius 1 is 1.55 bits per heavy atom. The van der Waals surface area contributed by atoms with E-state index < -0.39 is 5.97 Å². The van der Waals surface area contributed by atoms with Gasteiger partial charge in [-0.25, -0.2) is 4.79 Å². The Kier molecular flexibility index (Phi) is 5.25. The van der Waals surface area contributed by atoms with Crippen molar-refractivity contribution in [1.82, 2.24) is 4.90 Å². The lowest BCUT2D eigenvalue weighted by Crippen LogP contribution is -2.32. The normalized spacial score (nSPS) is 18.6. The van der Waals surface area contributed by atoms with Crippen LogP contribution in [0.15, 0.2) is 17.5 Å². The molecule has 1 N–H and O–H groups in total. The quantitative estimate of drug-likeness (QED) is 0.849. The van der Waals surface area contributed by atoms with E-state index in [-0.39, 0.29) is 11.8 Å². The molecule has 0 radical (unpaired) electrons. The van der Waals surface area contributed by atoms with Crippen molar-refractivity contribution in [2.75, 3.05) is 18.6 Å². The molecule has 1 amide bonds. The number of thioether (sulfide) groups is 1. The highest BCUT2D eigenvalue weighted by Crippen LogP contribution is 2.26. The van der Waals surface area contributed by atoms with Crippen LogP contribution in [0.1, 0.15) is 16.9 Å². The topological polar surface area (TPSA) is 57.6 Å². The fourth-order valence-corrected chi connectivity index (χ4v) is 4.21. The second kappa shape index (κ2) is 6.95. The first-order valence-electron chi connectivity index (χ1n) is 6.37. The van der Waals surface area contributed by atoms with Crippen molar-refractivity contribution in [3.63, 3.8) is 0 Å². The summed E-state index contributed by atoms with van der Waals surface area (Å²) < 4.78 is 0. The number of thiophene rings is 1. The molecule has 20 heavy (non-hydrogen) atoms. The van der Waals surface area contributed by atoms with E-state index in [1.165, 1.54) is 0 Å². The first-order chi connectivity index (χ1) is 9.56. The first-order valence-corrected chi connectivity index (χ1v) is 8.41. The third-order valence-electron chi connectivity index (χ3n) is 3.14. The SMILES string of the molecule is CN(Cc1cc(C=CC(=O)O)cs1)C(=O)C1CCSC1. The number of hydrogen-bond donors (Lipinski definition) is 1. The third kappa shape index (κ3) is 4.11. The zero-order valence-corrected chi connectivity index (χ0v) is 12.9. The van der Waals surface area contributed by atoms with E-state index in [2.05, 4.69) is 0 Å². The minimum absolute atomic E-state index is 0.163. The van der Waals surface area contributed by atoms with E-state index in [0.717, 1.165) is 34.4 Å². The van der Waals surface area contributed by atoms with Crippen LogP contribution in [0.25, 0.3) is 6.08 Å². The van der Waals surface area contributed by atoms with Gasteiger partial charge in [0.1, 0.15) is 0 Å². The highest BCUT2D eigenvalue weighted by molar-refractivity contribution is 7.99. The van der Waals surface area contributed by atoms with Crippen LogP contribution in [0.5, 0.6) is 0 Å². The Hall–Kier alpha value is -1.27. The number of carboxylic acids is 1. The number of amides is 1. The predicted octanol–water partition coefficient (Wildman–Crippen LogP) is 2.56. The van der Waals surface area contributed by atoms with Crippen molar-refractivity contribution in [2.45, 2.75) is 13.0 Å². The maximum Gasteiger partial charge on any atom is 0.328 e. The Balaban J connectivity index is 1.92. The molecule has 6 heteroatoms. The van der Waals surface area contributed by atoms with Crippen LogP contribution in [0, 0.1) is 5.92 Å². The van der Waals surface area contributed by atoms with Crippen molar-refractivity contribution >= 4 is 41.1 Å². The average Bonchev–Trinajstić information content (AvgIpc) is 3.06. The highest BCUT2D eigenvalue weighted by Gasteiger charge is 2.25. The minimum atomic E-state index is -0.955. The van der Waals surface area contributed by atoms with E-state index in [4.69, 9.17) is 5.11 Å². The van der Waals surface area contributed by atoms with Crippen molar-refractivity contribution in [3.05, 3.63) is 28.0 Å².